The molecule has 0 N–H and O–H groups in total. The highest BCUT2D eigenvalue weighted by atomic mass is 16.5. The van der Waals surface area contributed by atoms with Gasteiger partial charge in [0, 0.05) is 7.05 Å². The maximum atomic E-state index is 8.80. The Morgan fingerprint density at radius 1 is 1.31 bits per heavy atom. The molecule has 0 heterocycles. The molecule has 3 heteroatoms. The summed E-state index contributed by atoms with van der Waals surface area (Å²) in [6, 6.07) is 2.03. The van der Waals surface area contributed by atoms with Crippen LogP contribution in [0.25, 0.3) is 0 Å². The van der Waals surface area contributed by atoms with Gasteiger partial charge in [-0.05, 0) is 49.1 Å². The summed E-state index contributed by atoms with van der Waals surface area (Å²) in [5.74, 6) is 0.915. The van der Waals surface area contributed by atoms with Crippen LogP contribution in [0.2, 0.25) is 0 Å². The van der Waals surface area contributed by atoms with E-state index >= 15 is 0 Å². The molecule has 0 aromatic heterocycles. The van der Waals surface area contributed by atoms with Crippen molar-refractivity contribution < 1.29 is 4.74 Å². The first-order chi connectivity index (χ1) is 7.51. The van der Waals surface area contributed by atoms with Gasteiger partial charge < -0.3 is 9.64 Å². The van der Waals surface area contributed by atoms with Gasteiger partial charge in [0.25, 0.3) is 0 Å². The zero-order valence-electron chi connectivity index (χ0n) is 10.6. The van der Waals surface area contributed by atoms with Crippen LogP contribution < -0.4 is 4.74 Å². The highest BCUT2D eigenvalue weighted by molar-refractivity contribution is 5.48. The second-order valence-corrected chi connectivity index (χ2v) is 4.08. The van der Waals surface area contributed by atoms with Gasteiger partial charge in [-0.25, -0.2) is 0 Å². The molecule has 0 fully saturated rings. The fourth-order valence-corrected chi connectivity index (χ4v) is 1.83. The third kappa shape index (κ3) is 2.27. The predicted octanol–water partition coefficient (Wildman–Crippen LogP) is 2.53. The first kappa shape index (κ1) is 12.4. The van der Waals surface area contributed by atoms with Gasteiger partial charge in [0.2, 0.25) is 0 Å². The average Bonchev–Trinajstić information content (AvgIpc) is 2.28. The summed E-state index contributed by atoms with van der Waals surface area (Å²) in [5, 5.41) is 8.80. The quantitative estimate of drug-likeness (QED) is 0.578. The topological polar surface area (TPSA) is 36.3 Å². The predicted molar refractivity (Wildman–Crippen MR) is 64.3 cm³/mol. The normalized spacial score (nSPS) is 9.75. The molecule has 0 radical (unpaired) electrons. The highest BCUT2D eigenvalue weighted by Gasteiger charge is 2.11. The van der Waals surface area contributed by atoms with Crippen LogP contribution >= 0.6 is 0 Å². The SMILES string of the molecule is COc1cc(C)c(CN(C)C#N)c(C)c1C. The average molecular weight is 218 g/mol. The van der Waals surface area contributed by atoms with Crippen LogP contribution in [0.1, 0.15) is 22.3 Å². The summed E-state index contributed by atoms with van der Waals surface area (Å²) in [6.07, 6.45) is 2.12. The third-order valence-electron chi connectivity index (χ3n) is 2.99. The van der Waals surface area contributed by atoms with Gasteiger partial charge in [0.05, 0.1) is 13.7 Å². The number of ether oxygens (including phenoxy) is 1. The zero-order chi connectivity index (χ0) is 12.3. The van der Waals surface area contributed by atoms with Crippen molar-refractivity contribution in [2.75, 3.05) is 14.2 Å². The van der Waals surface area contributed by atoms with E-state index in [-0.39, 0.29) is 0 Å². The fraction of sp³-hybridized carbons (Fsp3) is 0.462. The third-order valence-corrected chi connectivity index (χ3v) is 2.99. The van der Waals surface area contributed by atoms with Gasteiger partial charge in [0.1, 0.15) is 5.75 Å². The first-order valence-electron chi connectivity index (χ1n) is 5.25. The van der Waals surface area contributed by atoms with Gasteiger partial charge in [-0.15, -0.1) is 0 Å². The Morgan fingerprint density at radius 3 is 2.44 bits per heavy atom. The molecule has 1 aromatic carbocycles. The molecule has 0 amide bonds. The number of nitrogens with zero attached hydrogens (tertiary/aromatic N) is 2. The van der Waals surface area contributed by atoms with Crippen molar-refractivity contribution in [2.45, 2.75) is 27.3 Å². The summed E-state index contributed by atoms with van der Waals surface area (Å²) >= 11 is 0. The molecule has 86 valence electrons. The molecule has 0 saturated carbocycles. The molecule has 0 bridgehead atoms. The fourth-order valence-electron chi connectivity index (χ4n) is 1.83. The van der Waals surface area contributed by atoms with Crippen molar-refractivity contribution in [2.24, 2.45) is 0 Å². The van der Waals surface area contributed by atoms with E-state index in [9.17, 15) is 0 Å². The van der Waals surface area contributed by atoms with Gasteiger partial charge in [-0.3, -0.25) is 0 Å². The second-order valence-electron chi connectivity index (χ2n) is 4.08. The Kier molecular flexibility index (Phi) is 3.78. The van der Waals surface area contributed by atoms with Crippen LogP contribution in [-0.2, 0) is 6.54 Å². The Bertz CT molecular complexity index is 433. The Hall–Kier alpha value is -1.69. The van der Waals surface area contributed by atoms with Gasteiger partial charge in [-0.2, -0.15) is 5.26 Å². The van der Waals surface area contributed by atoms with E-state index in [4.69, 9.17) is 10.00 Å². The van der Waals surface area contributed by atoms with Crippen molar-refractivity contribution in [1.82, 2.24) is 4.90 Å². The van der Waals surface area contributed by atoms with Crippen molar-refractivity contribution in [3.8, 4) is 11.9 Å². The monoisotopic (exact) mass is 218 g/mol. The number of hydrogen-bond donors (Lipinski definition) is 0. The van der Waals surface area contributed by atoms with E-state index < -0.39 is 0 Å². The van der Waals surface area contributed by atoms with Crippen molar-refractivity contribution in [3.63, 3.8) is 0 Å². The molecule has 1 rings (SSSR count). The number of hydrogen-bond acceptors (Lipinski definition) is 3. The van der Waals surface area contributed by atoms with Crippen LogP contribution in [0, 0.1) is 32.2 Å². The van der Waals surface area contributed by atoms with Gasteiger partial charge in [-0.1, -0.05) is 0 Å². The van der Waals surface area contributed by atoms with E-state index in [0.717, 1.165) is 11.3 Å². The number of methoxy groups -OCH3 is 1. The van der Waals surface area contributed by atoms with Crippen LogP contribution in [0.15, 0.2) is 6.07 Å². The van der Waals surface area contributed by atoms with Crippen LogP contribution in [0.3, 0.4) is 0 Å². The van der Waals surface area contributed by atoms with E-state index in [1.165, 1.54) is 16.7 Å². The molecule has 0 atom stereocenters. The summed E-state index contributed by atoms with van der Waals surface area (Å²) in [5.41, 5.74) is 4.73. The lowest BCUT2D eigenvalue weighted by Crippen LogP contribution is -2.13. The minimum atomic E-state index is 0.652. The molecule has 1 aromatic rings. The summed E-state index contributed by atoms with van der Waals surface area (Å²) in [4.78, 5) is 1.63. The molecule has 0 aliphatic carbocycles. The first-order valence-corrected chi connectivity index (χ1v) is 5.25. The highest BCUT2D eigenvalue weighted by Crippen LogP contribution is 2.27. The van der Waals surface area contributed by atoms with E-state index in [0.29, 0.717) is 6.54 Å². The number of benzene rings is 1. The smallest absolute Gasteiger partial charge is 0.179 e. The lowest BCUT2D eigenvalue weighted by Gasteiger charge is -2.18. The largest absolute Gasteiger partial charge is 0.496 e. The van der Waals surface area contributed by atoms with Crippen LogP contribution in [0.5, 0.6) is 5.75 Å². The zero-order valence-corrected chi connectivity index (χ0v) is 10.6. The lowest BCUT2D eigenvalue weighted by molar-refractivity contribution is 0.409. The maximum absolute atomic E-state index is 8.80. The van der Waals surface area contributed by atoms with Gasteiger partial charge >= 0.3 is 0 Å². The molecule has 3 nitrogen and oxygen atoms in total. The summed E-state index contributed by atoms with van der Waals surface area (Å²) in [7, 11) is 3.47. The van der Waals surface area contributed by atoms with Crippen LogP contribution in [-0.4, -0.2) is 19.1 Å². The minimum Gasteiger partial charge on any atom is -0.496 e. The van der Waals surface area contributed by atoms with E-state index in [1.807, 2.05) is 13.0 Å². The molecule has 0 saturated heterocycles. The lowest BCUT2D eigenvalue weighted by atomic mass is 9.97. The standard InChI is InChI=1S/C13H18N2O/c1-9-6-13(16-5)11(3)10(2)12(9)7-15(4)8-14/h6H,7H2,1-5H3. The number of rotatable bonds is 3. The molecular weight excluding hydrogens is 200 g/mol. The van der Waals surface area contributed by atoms with Crippen molar-refractivity contribution in [1.29, 1.82) is 5.26 Å². The molecule has 16 heavy (non-hydrogen) atoms. The maximum Gasteiger partial charge on any atom is 0.179 e. The molecule has 0 aliphatic rings. The van der Waals surface area contributed by atoms with E-state index in [1.54, 1.807) is 19.1 Å². The summed E-state index contributed by atoms with van der Waals surface area (Å²) < 4.78 is 5.31. The number of aryl methyl sites for hydroxylation is 1. The summed E-state index contributed by atoms with van der Waals surface area (Å²) in [6.45, 7) is 6.82. The van der Waals surface area contributed by atoms with Crippen molar-refractivity contribution >= 4 is 0 Å². The van der Waals surface area contributed by atoms with Crippen LogP contribution in [0.4, 0.5) is 0 Å². The van der Waals surface area contributed by atoms with Crippen molar-refractivity contribution in [3.05, 3.63) is 28.3 Å². The molecule has 0 aliphatic heterocycles. The Balaban J connectivity index is 3.21. The molecule has 0 unspecified atom stereocenters. The molecule has 0 spiro atoms. The molecular formula is C13H18N2O. The van der Waals surface area contributed by atoms with E-state index in [2.05, 4.69) is 20.0 Å². The number of nitriles is 1. The second kappa shape index (κ2) is 4.89. The Labute approximate surface area is 97.3 Å². The Morgan fingerprint density at radius 2 is 1.94 bits per heavy atom. The van der Waals surface area contributed by atoms with Gasteiger partial charge in [0.15, 0.2) is 6.19 Å². The minimum absolute atomic E-state index is 0.652.